The lowest BCUT2D eigenvalue weighted by Gasteiger charge is -2.15. The molecule has 3 N–H and O–H groups in total. The van der Waals surface area contributed by atoms with Gasteiger partial charge in [-0.3, -0.25) is 0 Å². The van der Waals surface area contributed by atoms with E-state index in [4.69, 9.17) is 5.73 Å². The standard InChI is InChI=1S/C11H16FNO/c1-2-10(13)7-11(14)8-4-3-5-9(12)6-8/h3-6,10-11,14H,2,7,13H2,1H3. The molecule has 2 atom stereocenters. The van der Waals surface area contributed by atoms with E-state index in [2.05, 4.69) is 0 Å². The van der Waals surface area contributed by atoms with Crippen molar-refractivity contribution in [1.29, 1.82) is 0 Å². The molecule has 3 heteroatoms. The molecule has 0 bridgehead atoms. The lowest BCUT2D eigenvalue weighted by atomic mass is 10.0. The second kappa shape index (κ2) is 5.08. The Morgan fingerprint density at radius 2 is 2.21 bits per heavy atom. The molecular formula is C11H16FNO. The average Bonchev–Trinajstić information content (AvgIpc) is 2.17. The Kier molecular flexibility index (Phi) is 4.04. The minimum Gasteiger partial charge on any atom is -0.388 e. The second-order valence-corrected chi connectivity index (χ2v) is 3.47. The molecule has 0 spiro atoms. The number of aliphatic hydroxyl groups is 1. The van der Waals surface area contributed by atoms with E-state index in [0.717, 1.165) is 6.42 Å². The van der Waals surface area contributed by atoms with Crippen LogP contribution in [0.5, 0.6) is 0 Å². The summed E-state index contributed by atoms with van der Waals surface area (Å²) in [6.45, 7) is 1.96. The SMILES string of the molecule is CCC(N)CC(O)c1cccc(F)c1. The molecule has 1 aromatic rings. The van der Waals surface area contributed by atoms with Crippen molar-refractivity contribution in [3.63, 3.8) is 0 Å². The van der Waals surface area contributed by atoms with E-state index >= 15 is 0 Å². The highest BCUT2D eigenvalue weighted by Gasteiger charge is 2.11. The van der Waals surface area contributed by atoms with Gasteiger partial charge >= 0.3 is 0 Å². The van der Waals surface area contributed by atoms with Gasteiger partial charge in [-0.15, -0.1) is 0 Å². The van der Waals surface area contributed by atoms with Crippen molar-refractivity contribution in [2.45, 2.75) is 31.9 Å². The van der Waals surface area contributed by atoms with Crippen LogP contribution in [0, 0.1) is 5.82 Å². The summed E-state index contributed by atoms with van der Waals surface area (Å²) < 4.78 is 12.8. The summed E-state index contributed by atoms with van der Waals surface area (Å²) in [4.78, 5) is 0. The third-order valence-electron chi connectivity index (χ3n) is 2.28. The molecule has 0 fully saturated rings. The molecule has 0 saturated carbocycles. The largest absolute Gasteiger partial charge is 0.388 e. The van der Waals surface area contributed by atoms with Crippen LogP contribution in [0.4, 0.5) is 4.39 Å². The zero-order valence-corrected chi connectivity index (χ0v) is 8.28. The number of aliphatic hydroxyl groups excluding tert-OH is 1. The average molecular weight is 197 g/mol. The highest BCUT2D eigenvalue weighted by molar-refractivity contribution is 5.18. The monoisotopic (exact) mass is 197 g/mol. The van der Waals surface area contributed by atoms with Gasteiger partial charge in [0, 0.05) is 6.04 Å². The van der Waals surface area contributed by atoms with Crippen molar-refractivity contribution in [3.05, 3.63) is 35.6 Å². The van der Waals surface area contributed by atoms with Gasteiger partial charge in [-0.2, -0.15) is 0 Å². The van der Waals surface area contributed by atoms with Crippen LogP contribution in [0.15, 0.2) is 24.3 Å². The zero-order chi connectivity index (χ0) is 10.6. The van der Waals surface area contributed by atoms with Gasteiger partial charge < -0.3 is 10.8 Å². The van der Waals surface area contributed by atoms with Crippen molar-refractivity contribution < 1.29 is 9.50 Å². The maximum Gasteiger partial charge on any atom is 0.123 e. The van der Waals surface area contributed by atoms with E-state index in [1.165, 1.54) is 12.1 Å². The van der Waals surface area contributed by atoms with Crippen LogP contribution < -0.4 is 5.73 Å². The molecule has 0 radical (unpaired) electrons. The normalized spacial score (nSPS) is 15.1. The highest BCUT2D eigenvalue weighted by Crippen LogP contribution is 2.19. The van der Waals surface area contributed by atoms with Crippen LogP contribution in [0.3, 0.4) is 0 Å². The summed E-state index contributed by atoms with van der Waals surface area (Å²) >= 11 is 0. The molecule has 0 heterocycles. The maximum atomic E-state index is 12.8. The van der Waals surface area contributed by atoms with E-state index < -0.39 is 6.10 Å². The first-order valence-electron chi connectivity index (χ1n) is 4.82. The first kappa shape index (κ1) is 11.1. The van der Waals surface area contributed by atoms with Crippen LogP contribution in [0.2, 0.25) is 0 Å². The van der Waals surface area contributed by atoms with E-state index in [1.807, 2.05) is 6.92 Å². The van der Waals surface area contributed by atoms with Crippen LogP contribution in [0.1, 0.15) is 31.4 Å². The summed E-state index contributed by atoms with van der Waals surface area (Å²) in [6, 6.07) is 5.96. The van der Waals surface area contributed by atoms with Gasteiger partial charge in [0.1, 0.15) is 5.82 Å². The molecule has 78 valence electrons. The van der Waals surface area contributed by atoms with Gasteiger partial charge in [-0.1, -0.05) is 19.1 Å². The highest BCUT2D eigenvalue weighted by atomic mass is 19.1. The smallest absolute Gasteiger partial charge is 0.123 e. The molecule has 2 nitrogen and oxygen atoms in total. The van der Waals surface area contributed by atoms with E-state index in [9.17, 15) is 9.50 Å². The fraction of sp³-hybridized carbons (Fsp3) is 0.455. The number of rotatable bonds is 4. The van der Waals surface area contributed by atoms with Crippen molar-refractivity contribution in [2.24, 2.45) is 5.73 Å². The predicted molar refractivity (Wildman–Crippen MR) is 54.2 cm³/mol. The quantitative estimate of drug-likeness (QED) is 0.775. The molecule has 0 aliphatic carbocycles. The third-order valence-corrected chi connectivity index (χ3v) is 2.28. The van der Waals surface area contributed by atoms with Crippen molar-refractivity contribution in [2.75, 3.05) is 0 Å². The third kappa shape index (κ3) is 3.09. The first-order valence-corrected chi connectivity index (χ1v) is 4.82. The molecule has 1 rings (SSSR count). The minimum absolute atomic E-state index is 0.0340. The molecule has 0 aliphatic heterocycles. The predicted octanol–water partition coefficient (Wildman–Crippen LogP) is 1.99. The van der Waals surface area contributed by atoms with Gasteiger partial charge in [0.05, 0.1) is 6.10 Å². The Bertz CT molecular complexity index is 290. The fourth-order valence-corrected chi connectivity index (χ4v) is 1.30. The van der Waals surface area contributed by atoms with E-state index in [0.29, 0.717) is 12.0 Å². The Labute approximate surface area is 83.6 Å². The van der Waals surface area contributed by atoms with Crippen LogP contribution >= 0.6 is 0 Å². The van der Waals surface area contributed by atoms with Crippen LogP contribution in [0.25, 0.3) is 0 Å². The molecule has 0 aliphatic rings. The van der Waals surface area contributed by atoms with Crippen molar-refractivity contribution >= 4 is 0 Å². The number of hydrogen-bond acceptors (Lipinski definition) is 2. The fourth-order valence-electron chi connectivity index (χ4n) is 1.30. The minimum atomic E-state index is -0.666. The van der Waals surface area contributed by atoms with Crippen molar-refractivity contribution in [1.82, 2.24) is 0 Å². The lowest BCUT2D eigenvalue weighted by Crippen LogP contribution is -2.21. The topological polar surface area (TPSA) is 46.2 Å². The number of hydrogen-bond donors (Lipinski definition) is 2. The molecular weight excluding hydrogens is 181 g/mol. The van der Waals surface area contributed by atoms with Gasteiger partial charge in [0.2, 0.25) is 0 Å². The number of nitrogens with two attached hydrogens (primary N) is 1. The van der Waals surface area contributed by atoms with Gasteiger partial charge in [-0.05, 0) is 30.5 Å². The van der Waals surface area contributed by atoms with E-state index in [-0.39, 0.29) is 11.9 Å². The van der Waals surface area contributed by atoms with Crippen LogP contribution in [-0.4, -0.2) is 11.1 Å². The zero-order valence-electron chi connectivity index (χ0n) is 8.28. The molecule has 1 aromatic carbocycles. The molecule has 0 aromatic heterocycles. The van der Waals surface area contributed by atoms with E-state index in [1.54, 1.807) is 12.1 Å². The Hall–Kier alpha value is -0.930. The summed E-state index contributed by atoms with van der Waals surface area (Å²) in [7, 11) is 0. The summed E-state index contributed by atoms with van der Waals surface area (Å²) in [5.41, 5.74) is 6.29. The van der Waals surface area contributed by atoms with Gasteiger partial charge in [-0.25, -0.2) is 4.39 Å². The summed E-state index contributed by atoms with van der Waals surface area (Å²) in [5.74, 6) is -0.327. The second-order valence-electron chi connectivity index (χ2n) is 3.47. The lowest BCUT2D eigenvalue weighted by molar-refractivity contribution is 0.157. The molecule has 0 amide bonds. The molecule has 2 unspecified atom stereocenters. The summed E-state index contributed by atoms with van der Waals surface area (Å²) in [6.07, 6.45) is 0.618. The molecule has 14 heavy (non-hydrogen) atoms. The van der Waals surface area contributed by atoms with Gasteiger partial charge in [0.15, 0.2) is 0 Å². The number of benzene rings is 1. The van der Waals surface area contributed by atoms with Gasteiger partial charge in [0.25, 0.3) is 0 Å². The molecule has 0 saturated heterocycles. The first-order chi connectivity index (χ1) is 6.63. The maximum absolute atomic E-state index is 12.8. The number of halogens is 1. The Morgan fingerprint density at radius 3 is 2.79 bits per heavy atom. The Morgan fingerprint density at radius 1 is 1.50 bits per heavy atom. The summed E-state index contributed by atoms with van der Waals surface area (Å²) in [5, 5.41) is 9.70. The Balaban J connectivity index is 2.64. The van der Waals surface area contributed by atoms with Crippen molar-refractivity contribution in [3.8, 4) is 0 Å². The van der Waals surface area contributed by atoms with Crippen LogP contribution in [-0.2, 0) is 0 Å².